The van der Waals surface area contributed by atoms with Crippen LogP contribution in [0, 0.1) is 28.6 Å². The largest absolute Gasteiger partial charge is 0.468 e. The molecule has 0 spiro atoms. The van der Waals surface area contributed by atoms with Crippen molar-refractivity contribution >= 4 is 21.7 Å². The van der Waals surface area contributed by atoms with E-state index in [1.54, 1.807) is 24.1 Å². The van der Waals surface area contributed by atoms with Gasteiger partial charge in [0.25, 0.3) is 10.1 Å². The van der Waals surface area contributed by atoms with Crippen molar-refractivity contribution in [1.82, 2.24) is 5.06 Å². The Kier molecular flexibility index (Phi) is 6.19. The predicted molar refractivity (Wildman–Crippen MR) is 136 cm³/mol. The van der Waals surface area contributed by atoms with Crippen LogP contribution in [0.1, 0.15) is 38.9 Å². The summed E-state index contributed by atoms with van der Waals surface area (Å²) in [6.07, 6.45) is 2.67. The highest BCUT2D eigenvalue weighted by molar-refractivity contribution is 7.86. The number of rotatable bonds is 6. The lowest BCUT2D eigenvalue weighted by Gasteiger charge is -2.63. The van der Waals surface area contributed by atoms with Crippen molar-refractivity contribution in [3.8, 4) is 0 Å². The number of nitrogens with zero attached hydrogens (tertiary/aromatic N) is 1. The molecule has 40 heavy (non-hydrogen) atoms. The van der Waals surface area contributed by atoms with Crippen LogP contribution in [0.25, 0.3) is 0 Å². The summed E-state index contributed by atoms with van der Waals surface area (Å²) in [5, 5.41) is 13.2. The average molecular weight is 582 g/mol. The number of alkyl halides is 2. The number of hydrogen-bond donors (Lipinski definition) is 1. The predicted octanol–water partition coefficient (Wildman–Crippen LogP) is 2.86. The summed E-state index contributed by atoms with van der Waals surface area (Å²) in [4.78, 5) is 32.5. The van der Waals surface area contributed by atoms with Crippen LogP contribution >= 0.6 is 0 Å². The maximum atomic E-state index is 17.5. The Balaban J connectivity index is 1.42. The molecule has 9 nitrogen and oxygen atoms in total. The number of carbonyl (C=O) groups is 2. The quantitative estimate of drug-likeness (QED) is 0.505. The molecule has 0 aromatic carbocycles. The monoisotopic (exact) mass is 581 g/mol. The Morgan fingerprint density at radius 2 is 2.02 bits per heavy atom. The van der Waals surface area contributed by atoms with Crippen molar-refractivity contribution in [1.29, 1.82) is 0 Å². The molecular weight excluding hydrogens is 548 g/mol. The van der Waals surface area contributed by atoms with Gasteiger partial charge in [-0.25, -0.2) is 8.78 Å². The molecule has 5 aliphatic rings. The molecule has 0 bridgehead atoms. The van der Waals surface area contributed by atoms with Gasteiger partial charge in [-0.1, -0.05) is 13.0 Å². The van der Waals surface area contributed by atoms with Gasteiger partial charge in [0.2, 0.25) is 0 Å². The van der Waals surface area contributed by atoms with E-state index in [9.17, 15) is 23.1 Å². The van der Waals surface area contributed by atoms with Gasteiger partial charge in [-0.05, 0) is 62.0 Å². The lowest BCUT2D eigenvalue weighted by atomic mass is 9.44. The number of Topliss-reactive ketones (excluding diaryl/α,β-unsaturated/α-hetero) is 1. The van der Waals surface area contributed by atoms with Crippen molar-refractivity contribution in [2.24, 2.45) is 28.6 Å². The zero-order valence-electron chi connectivity index (χ0n) is 22.5. The minimum absolute atomic E-state index is 0.0211. The SMILES string of the molecule is CC12C=CC(=O)C=C1C(F)CC1C3CC4CN(Cc5ccco5)OC4(C(=O)COS(C)(=O)=O)C3(C)CC(O)C12F. The molecule has 4 aliphatic carbocycles. The van der Waals surface area contributed by atoms with Gasteiger partial charge in [0.1, 0.15) is 18.5 Å². The van der Waals surface area contributed by atoms with Gasteiger partial charge in [0.15, 0.2) is 22.8 Å². The molecule has 1 N–H and O–H groups in total. The molecule has 12 heteroatoms. The van der Waals surface area contributed by atoms with E-state index in [0.717, 1.165) is 12.3 Å². The van der Waals surface area contributed by atoms with Crippen molar-refractivity contribution in [2.75, 3.05) is 19.4 Å². The van der Waals surface area contributed by atoms with Crippen LogP contribution < -0.4 is 0 Å². The van der Waals surface area contributed by atoms with Crippen LogP contribution in [0.5, 0.6) is 0 Å². The van der Waals surface area contributed by atoms with E-state index < -0.39 is 80.4 Å². The van der Waals surface area contributed by atoms with Gasteiger partial charge in [0.05, 0.1) is 25.2 Å². The van der Waals surface area contributed by atoms with Gasteiger partial charge >= 0.3 is 0 Å². The topological polar surface area (TPSA) is 123 Å². The molecule has 1 aromatic heterocycles. The fourth-order valence-corrected chi connectivity index (χ4v) is 9.08. The number of allylic oxidation sites excluding steroid dienone is 4. The molecule has 2 heterocycles. The zero-order chi connectivity index (χ0) is 28.9. The van der Waals surface area contributed by atoms with E-state index >= 15 is 8.78 Å². The molecule has 6 rings (SSSR count). The van der Waals surface area contributed by atoms with E-state index in [-0.39, 0.29) is 31.5 Å². The second-order valence-corrected chi connectivity index (χ2v) is 14.1. The van der Waals surface area contributed by atoms with Gasteiger partial charge in [-0.3, -0.25) is 18.6 Å². The summed E-state index contributed by atoms with van der Waals surface area (Å²) < 4.78 is 67.2. The van der Waals surface area contributed by atoms with Gasteiger partial charge < -0.3 is 9.52 Å². The third kappa shape index (κ3) is 3.65. The molecule has 9 atom stereocenters. The van der Waals surface area contributed by atoms with E-state index in [0.29, 0.717) is 12.2 Å². The van der Waals surface area contributed by atoms with E-state index in [1.807, 2.05) is 0 Å². The molecular formula is C28H33F2NO8S. The summed E-state index contributed by atoms with van der Waals surface area (Å²) in [5.41, 5.74) is -6.66. The highest BCUT2D eigenvalue weighted by Gasteiger charge is 2.79. The molecule has 4 fully saturated rings. The highest BCUT2D eigenvalue weighted by Crippen LogP contribution is 2.72. The van der Waals surface area contributed by atoms with Crippen LogP contribution in [-0.2, 0) is 35.3 Å². The summed E-state index contributed by atoms with van der Waals surface area (Å²) in [6.45, 7) is 2.95. The molecule has 3 saturated carbocycles. The zero-order valence-corrected chi connectivity index (χ0v) is 23.3. The Bertz CT molecular complexity index is 1410. The Hall–Kier alpha value is -2.25. The molecule has 1 aromatic rings. The molecule has 0 radical (unpaired) electrons. The number of hydrogen-bond acceptors (Lipinski definition) is 9. The van der Waals surface area contributed by atoms with E-state index in [1.165, 1.54) is 25.3 Å². The van der Waals surface area contributed by atoms with E-state index in [2.05, 4.69) is 0 Å². The van der Waals surface area contributed by atoms with Crippen molar-refractivity contribution in [3.05, 3.63) is 48.0 Å². The minimum Gasteiger partial charge on any atom is -0.468 e. The van der Waals surface area contributed by atoms with E-state index in [4.69, 9.17) is 13.4 Å². The standard InChI is InChI=1S/C28H33F2NO8S/c1-25-7-6-17(32)10-21(25)22(29)11-20-19-9-16-13-31(14-18-5-4-8-37-18)39-28(16,24(34)15-38-40(3,35)36)26(19,2)12-23(33)27(20,25)30/h4-8,10,16,19-20,22-23,33H,9,11-15H2,1-3H3. The first-order chi connectivity index (χ1) is 18.7. The number of aliphatic hydroxyl groups excluding tert-OH is 1. The number of ketones is 2. The molecule has 9 unspecified atom stereocenters. The first kappa shape index (κ1) is 27.9. The fraction of sp³-hybridized carbons (Fsp3) is 0.643. The van der Waals surface area contributed by atoms with Crippen molar-refractivity contribution in [3.63, 3.8) is 0 Å². The maximum absolute atomic E-state index is 17.5. The second kappa shape index (κ2) is 8.87. The lowest BCUT2D eigenvalue weighted by molar-refractivity contribution is -0.270. The third-order valence-corrected chi connectivity index (χ3v) is 11.0. The Morgan fingerprint density at radius 3 is 2.70 bits per heavy atom. The second-order valence-electron chi connectivity index (χ2n) is 12.4. The van der Waals surface area contributed by atoms with Crippen molar-refractivity contribution in [2.45, 2.75) is 63.2 Å². The highest BCUT2D eigenvalue weighted by atomic mass is 32.2. The summed E-state index contributed by atoms with van der Waals surface area (Å²) in [7, 11) is -3.96. The normalized spacial score (nSPS) is 44.5. The third-order valence-electron chi connectivity index (χ3n) is 10.4. The molecule has 1 saturated heterocycles. The molecule has 1 aliphatic heterocycles. The number of fused-ring (bicyclic) bond motifs is 7. The first-order valence-electron chi connectivity index (χ1n) is 13.5. The summed E-state index contributed by atoms with van der Waals surface area (Å²) in [6, 6.07) is 3.47. The minimum atomic E-state index is -3.96. The molecule has 0 amide bonds. The number of hydroxylamine groups is 2. The Labute approximate surface area is 231 Å². The van der Waals surface area contributed by atoms with Gasteiger partial charge in [0, 0.05) is 29.2 Å². The van der Waals surface area contributed by atoms with Crippen LogP contribution in [0.15, 0.2) is 46.6 Å². The number of halogens is 2. The number of furan rings is 1. The Morgan fingerprint density at radius 1 is 1.27 bits per heavy atom. The molecule has 218 valence electrons. The van der Waals surface area contributed by atoms with Crippen LogP contribution in [-0.4, -0.2) is 73.1 Å². The van der Waals surface area contributed by atoms with Crippen LogP contribution in [0.3, 0.4) is 0 Å². The smallest absolute Gasteiger partial charge is 0.264 e. The number of aliphatic hydroxyl groups is 1. The van der Waals surface area contributed by atoms with Gasteiger partial charge in [-0.15, -0.1) is 0 Å². The first-order valence-corrected chi connectivity index (χ1v) is 15.3. The van der Waals surface area contributed by atoms with Crippen molar-refractivity contribution < 1.29 is 45.3 Å². The van der Waals surface area contributed by atoms with Gasteiger partial charge in [-0.2, -0.15) is 13.5 Å². The van der Waals surface area contributed by atoms with Crippen LogP contribution in [0.2, 0.25) is 0 Å². The maximum Gasteiger partial charge on any atom is 0.264 e. The average Bonchev–Trinajstić information content (AvgIpc) is 3.56. The summed E-state index contributed by atoms with van der Waals surface area (Å²) in [5.74, 6) is -2.55. The van der Waals surface area contributed by atoms with Crippen LogP contribution in [0.4, 0.5) is 8.78 Å². The fourth-order valence-electron chi connectivity index (χ4n) is 8.76. The number of carbonyl (C=O) groups excluding carboxylic acids is 2. The lowest BCUT2D eigenvalue weighted by Crippen LogP contribution is -2.70. The summed E-state index contributed by atoms with van der Waals surface area (Å²) >= 11 is 0.